The molecule has 0 saturated heterocycles. The van der Waals surface area contributed by atoms with Crippen molar-refractivity contribution in [2.45, 2.75) is 27.7 Å². The molecule has 0 aliphatic carbocycles. The van der Waals surface area contributed by atoms with Crippen molar-refractivity contribution in [1.29, 1.82) is 0 Å². The summed E-state index contributed by atoms with van der Waals surface area (Å²) >= 11 is 0. The van der Waals surface area contributed by atoms with Crippen LogP contribution in [0.3, 0.4) is 0 Å². The number of esters is 4. The normalized spacial score (nSPS) is 9.96. The number of nitrogens with one attached hydrogen (secondary N) is 4. The summed E-state index contributed by atoms with van der Waals surface area (Å²) in [7, 11) is 2.86. The molecule has 0 bridgehead atoms. The molecule has 4 N–H and O–H groups in total. The van der Waals surface area contributed by atoms with Gasteiger partial charge in [-0.2, -0.15) is 0 Å². The van der Waals surface area contributed by atoms with Gasteiger partial charge in [-0.15, -0.1) is 0 Å². The van der Waals surface area contributed by atoms with Crippen LogP contribution in [0.1, 0.15) is 69.1 Å². The van der Waals surface area contributed by atoms with Crippen molar-refractivity contribution in [3.63, 3.8) is 0 Å². The predicted molar refractivity (Wildman–Crippen MR) is 208 cm³/mol. The number of hydrogen-bond acceptors (Lipinski definition) is 12. The molecule has 0 heterocycles. The molecule has 0 aromatic heterocycles. The van der Waals surface area contributed by atoms with E-state index in [0.717, 1.165) is 0 Å². The summed E-state index contributed by atoms with van der Waals surface area (Å²) in [6.07, 6.45) is 0. The first-order valence-electron chi connectivity index (χ1n) is 17.4. The summed E-state index contributed by atoms with van der Waals surface area (Å²) in [5.74, 6) is -1.22. The van der Waals surface area contributed by atoms with Gasteiger partial charge < -0.3 is 49.7 Å². The van der Waals surface area contributed by atoms with Gasteiger partial charge in [-0.1, -0.05) is 0 Å². The van der Waals surface area contributed by atoms with E-state index in [9.17, 15) is 28.8 Å². The van der Waals surface area contributed by atoms with Crippen LogP contribution in [0.15, 0.2) is 84.9 Å². The van der Waals surface area contributed by atoms with Crippen molar-refractivity contribution in [2.24, 2.45) is 0 Å². The van der Waals surface area contributed by atoms with Crippen LogP contribution in [0.5, 0.6) is 11.5 Å². The Morgan fingerprint density at radius 1 is 0.429 bits per heavy atom. The molecular formula is C40H44N4O12. The predicted octanol–water partition coefficient (Wildman–Crippen LogP) is 7.39. The Balaban J connectivity index is 0.000000300. The first kappa shape index (κ1) is 43.3. The van der Waals surface area contributed by atoms with Crippen LogP contribution < -0.4 is 30.7 Å². The maximum atomic E-state index is 12.2. The first-order valence-corrected chi connectivity index (χ1v) is 17.4. The zero-order chi connectivity index (χ0) is 41.0. The smallest absolute Gasteiger partial charge is 0.341 e. The lowest BCUT2D eigenvalue weighted by atomic mass is 10.2. The molecule has 4 aromatic rings. The fourth-order valence-electron chi connectivity index (χ4n) is 4.67. The molecule has 56 heavy (non-hydrogen) atoms. The summed E-state index contributed by atoms with van der Waals surface area (Å²) < 4.78 is 30.1. The number of carbonyl (C=O) groups is 6. The number of amides is 4. The molecule has 4 aromatic carbocycles. The lowest BCUT2D eigenvalue weighted by molar-refractivity contribution is 0.0513. The monoisotopic (exact) mass is 772 g/mol. The quantitative estimate of drug-likeness (QED) is 0.0732. The molecule has 0 radical (unpaired) electrons. The lowest BCUT2D eigenvalue weighted by Gasteiger charge is -2.12. The third-order valence-electron chi connectivity index (χ3n) is 7.22. The largest absolute Gasteiger partial charge is 0.496 e. The van der Waals surface area contributed by atoms with Gasteiger partial charge in [0, 0.05) is 23.1 Å². The van der Waals surface area contributed by atoms with E-state index >= 15 is 0 Å². The van der Waals surface area contributed by atoms with Gasteiger partial charge >= 0.3 is 35.9 Å². The number of carbonyl (C=O) groups excluding carboxylic acids is 6. The molecule has 16 nitrogen and oxygen atoms in total. The highest BCUT2D eigenvalue weighted by molar-refractivity contribution is 6.02. The molecule has 4 rings (SSSR count). The molecule has 0 saturated carbocycles. The van der Waals surface area contributed by atoms with E-state index in [-0.39, 0.29) is 31.1 Å². The highest BCUT2D eigenvalue weighted by Crippen LogP contribution is 2.27. The molecule has 0 fully saturated rings. The fraction of sp³-hybridized carbons (Fsp3) is 0.250. The molecule has 0 spiro atoms. The summed E-state index contributed by atoms with van der Waals surface area (Å²) in [4.78, 5) is 71.4. The van der Waals surface area contributed by atoms with E-state index < -0.39 is 35.9 Å². The number of rotatable bonds is 14. The summed E-state index contributed by atoms with van der Waals surface area (Å²) in [6, 6.07) is 20.8. The third kappa shape index (κ3) is 13.1. The van der Waals surface area contributed by atoms with Crippen molar-refractivity contribution in [1.82, 2.24) is 0 Å². The SMILES string of the molecule is CCOC(=O)c1ccc(NC(=O)Nc2ccc(C(=O)OCC)c(OC)c2)cc1.CCOC(=O)c1ccc(NC(=O)Nc2ccc(C(=O)OCC)cc2OC)cc1. The van der Waals surface area contributed by atoms with Gasteiger partial charge in [-0.05, 0) is 107 Å². The molecule has 4 amide bonds. The second-order valence-electron chi connectivity index (χ2n) is 11.0. The number of urea groups is 2. The number of benzene rings is 4. The van der Waals surface area contributed by atoms with Crippen molar-refractivity contribution < 1.29 is 57.2 Å². The maximum Gasteiger partial charge on any atom is 0.341 e. The van der Waals surface area contributed by atoms with Gasteiger partial charge in [0.05, 0.1) is 63.0 Å². The molecule has 16 heteroatoms. The molecular weight excluding hydrogens is 728 g/mol. The zero-order valence-corrected chi connectivity index (χ0v) is 31.8. The van der Waals surface area contributed by atoms with Crippen LogP contribution >= 0.6 is 0 Å². The van der Waals surface area contributed by atoms with Crippen molar-refractivity contribution in [3.05, 3.63) is 107 Å². The number of anilines is 4. The van der Waals surface area contributed by atoms with Gasteiger partial charge in [-0.3, -0.25) is 0 Å². The summed E-state index contributed by atoms with van der Waals surface area (Å²) in [5, 5.41) is 10.6. The summed E-state index contributed by atoms with van der Waals surface area (Å²) in [6.45, 7) is 7.98. The first-order chi connectivity index (χ1) is 27.0. The molecule has 0 unspecified atom stereocenters. The second kappa shape index (κ2) is 22.2. The molecule has 0 aliphatic heterocycles. The van der Waals surface area contributed by atoms with Crippen LogP contribution in [0.2, 0.25) is 0 Å². The van der Waals surface area contributed by atoms with Crippen molar-refractivity contribution >= 4 is 58.7 Å². The Labute approximate surface area is 323 Å². The van der Waals surface area contributed by atoms with Crippen LogP contribution in [0.4, 0.5) is 32.3 Å². The van der Waals surface area contributed by atoms with Gasteiger partial charge in [-0.25, -0.2) is 28.8 Å². The van der Waals surface area contributed by atoms with Gasteiger partial charge in [0.1, 0.15) is 17.1 Å². The average molecular weight is 773 g/mol. The minimum atomic E-state index is -0.508. The summed E-state index contributed by atoms with van der Waals surface area (Å²) in [5.41, 5.74) is 3.19. The van der Waals surface area contributed by atoms with Crippen molar-refractivity contribution in [3.8, 4) is 11.5 Å². The van der Waals surface area contributed by atoms with Crippen LogP contribution in [0, 0.1) is 0 Å². The molecule has 296 valence electrons. The minimum absolute atomic E-state index is 0.249. The molecule has 0 aliphatic rings. The minimum Gasteiger partial charge on any atom is -0.496 e. The zero-order valence-electron chi connectivity index (χ0n) is 31.8. The topological polar surface area (TPSA) is 206 Å². The van der Waals surface area contributed by atoms with Crippen LogP contribution in [0.25, 0.3) is 0 Å². The Hall–Kier alpha value is -7.10. The van der Waals surface area contributed by atoms with E-state index in [1.807, 2.05) is 0 Å². The van der Waals surface area contributed by atoms with Crippen molar-refractivity contribution in [2.75, 3.05) is 61.9 Å². The van der Waals surface area contributed by atoms with E-state index in [1.54, 1.807) is 88.4 Å². The fourth-order valence-corrected chi connectivity index (χ4v) is 4.67. The standard InChI is InChI=1S/2C20H22N2O6/c1-4-27-18(23)13-6-9-15(10-7-13)21-20(25)22-16-11-8-14(12-17(16)26-3)19(24)28-5-2;1-4-27-18(23)13-6-8-14(9-7-13)21-20(25)22-15-10-11-16(17(12-15)26-3)19(24)28-5-2/h2*6-12H,4-5H2,1-3H3,(H2,21,22,25). The number of hydrogen-bond donors (Lipinski definition) is 4. The number of methoxy groups -OCH3 is 2. The van der Waals surface area contributed by atoms with E-state index in [1.165, 1.54) is 38.5 Å². The van der Waals surface area contributed by atoms with Gasteiger partial charge in [0.2, 0.25) is 0 Å². The second-order valence-corrected chi connectivity index (χ2v) is 11.0. The maximum absolute atomic E-state index is 12.2. The number of ether oxygens (including phenoxy) is 6. The van der Waals surface area contributed by atoms with Gasteiger partial charge in [0.25, 0.3) is 0 Å². The average Bonchev–Trinajstić information content (AvgIpc) is 3.19. The van der Waals surface area contributed by atoms with Crippen LogP contribution in [-0.2, 0) is 18.9 Å². The Morgan fingerprint density at radius 3 is 1.29 bits per heavy atom. The Bertz CT molecular complexity index is 1980. The lowest BCUT2D eigenvalue weighted by Crippen LogP contribution is -2.20. The Kier molecular flexibility index (Phi) is 17.2. The highest BCUT2D eigenvalue weighted by atomic mass is 16.5. The van der Waals surface area contributed by atoms with E-state index in [4.69, 9.17) is 28.4 Å². The van der Waals surface area contributed by atoms with Crippen LogP contribution in [-0.4, -0.2) is 76.6 Å². The molecule has 0 atom stereocenters. The van der Waals surface area contributed by atoms with Gasteiger partial charge in [0.15, 0.2) is 0 Å². The highest BCUT2D eigenvalue weighted by Gasteiger charge is 2.16. The third-order valence-corrected chi connectivity index (χ3v) is 7.22. The Morgan fingerprint density at radius 2 is 0.821 bits per heavy atom. The van der Waals surface area contributed by atoms with E-state index in [0.29, 0.717) is 51.8 Å². The van der Waals surface area contributed by atoms with E-state index in [2.05, 4.69) is 21.3 Å².